The van der Waals surface area contributed by atoms with Crippen molar-refractivity contribution in [2.75, 3.05) is 0 Å². The number of hydrogen-bond donors (Lipinski definition) is 0. The van der Waals surface area contributed by atoms with Crippen molar-refractivity contribution in [1.82, 2.24) is 0 Å². The molecule has 0 fully saturated rings. The molecule has 62 valence electrons. The van der Waals surface area contributed by atoms with E-state index in [9.17, 15) is 9.59 Å². The van der Waals surface area contributed by atoms with Gasteiger partial charge in [0, 0.05) is 12.0 Å². The van der Waals surface area contributed by atoms with Gasteiger partial charge < -0.3 is 4.42 Å². The summed E-state index contributed by atoms with van der Waals surface area (Å²) in [5, 5.41) is 0. The zero-order chi connectivity index (χ0) is 8.55. The van der Waals surface area contributed by atoms with Crippen LogP contribution in [0.5, 0.6) is 0 Å². The Balaban J connectivity index is 2.50. The van der Waals surface area contributed by atoms with Gasteiger partial charge >= 0.3 is 0 Å². The van der Waals surface area contributed by atoms with Gasteiger partial charge in [0.05, 0.1) is 0 Å². The summed E-state index contributed by atoms with van der Waals surface area (Å²) >= 11 is 0. The highest BCUT2D eigenvalue weighted by atomic mass is 16.4. The molecular weight excluding hydrogens is 156 g/mol. The minimum Gasteiger partial charge on any atom is -0.450 e. The Bertz CT molecular complexity index is 336. The number of fused-ring (bicyclic) bond motifs is 1. The van der Waals surface area contributed by atoms with Gasteiger partial charge in [0.15, 0.2) is 23.6 Å². The topological polar surface area (TPSA) is 47.3 Å². The highest BCUT2D eigenvalue weighted by Crippen LogP contribution is 2.23. The molecule has 0 aromatic carbocycles. The molecule has 1 heterocycles. The molecule has 0 unspecified atom stereocenters. The average molecular weight is 164 g/mol. The summed E-state index contributed by atoms with van der Waals surface area (Å²) in [6.07, 6.45) is 2.88. The van der Waals surface area contributed by atoms with E-state index in [0.29, 0.717) is 18.5 Å². The number of hydrogen-bond acceptors (Lipinski definition) is 3. The Morgan fingerprint density at radius 1 is 1.42 bits per heavy atom. The predicted octanol–water partition coefficient (Wildman–Crippen LogP) is 1.61. The first-order chi connectivity index (χ1) is 5.81. The summed E-state index contributed by atoms with van der Waals surface area (Å²) in [6.45, 7) is 0. The van der Waals surface area contributed by atoms with E-state index in [1.54, 1.807) is 6.07 Å². The van der Waals surface area contributed by atoms with Gasteiger partial charge in [-0.2, -0.15) is 0 Å². The first-order valence-corrected chi connectivity index (χ1v) is 3.92. The van der Waals surface area contributed by atoms with Crippen LogP contribution >= 0.6 is 0 Å². The predicted molar refractivity (Wildman–Crippen MR) is 41.4 cm³/mol. The van der Waals surface area contributed by atoms with Gasteiger partial charge in [-0.1, -0.05) is 0 Å². The number of aryl methyl sites for hydroxylation is 1. The second-order valence-electron chi connectivity index (χ2n) is 2.90. The van der Waals surface area contributed by atoms with Gasteiger partial charge in [-0.05, 0) is 18.9 Å². The van der Waals surface area contributed by atoms with Crippen LogP contribution in [-0.2, 0) is 6.42 Å². The third kappa shape index (κ3) is 0.978. The van der Waals surface area contributed by atoms with E-state index in [0.717, 1.165) is 18.4 Å². The Kier molecular flexibility index (Phi) is 1.57. The molecule has 0 saturated carbocycles. The molecule has 0 atom stereocenters. The zero-order valence-corrected chi connectivity index (χ0v) is 6.50. The fourth-order valence-corrected chi connectivity index (χ4v) is 1.48. The lowest BCUT2D eigenvalue weighted by molar-refractivity contribution is 0.0941. The number of aldehydes is 1. The fourth-order valence-electron chi connectivity index (χ4n) is 1.48. The van der Waals surface area contributed by atoms with Crippen molar-refractivity contribution in [3.63, 3.8) is 0 Å². The number of furan rings is 1. The third-order valence-electron chi connectivity index (χ3n) is 2.05. The Morgan fingerprint density at radius 2 is 2.25 bits per heavy atom. The molecule has 12 heavy (non-hydrogen) atoms. The van der Waals surface area contributed by atoms with Gasteiger partial charge in [-0.25, -0.2) is 0 Å². The highest BCUT2D eigenvalue weighted by molar-refractivity contribution is 5.96. The molecule has 2 rings (SSSR count). The first kappa shape index (κ1) is 7.28. The second-order valence-corrected chi connectivity index (χ2v) is 2.90. The summed E-state index contributed by atoms with van der Waals surface area (Å²) in [5.41, 5.74) is 0.883. The van der Waals surface area contributed by atoms with E-state index in [4.69, 9.17) is 4.42 Å². The van der Waals surface area contributed by atoms with Crippen LogP contribution in [0.15, 0.2) is 10.5 Å². The van der Waals surface area contributed by atoms with E-state index in [-0.39, 0.29) is 11.5 Å². The molecule has 0 aliphatic heterocycles. The summed E-state index contributed by atoms with van der Waals surface area (Å²) < 4.78 is 5.05. The maximum absolute atomic E-state index is 11.2. The molecule has 0 saturated heterocycles. The van der Waals surface area contributed by atoms with Crippen LogP contribution in [0.2, 0.25) is 0 Å². The smallest absolute Gasteiger partial charge is 0.198 e. The fraction of sp³-hybridized carbons (Fsp3) is 0.333. The molecule has 0 radical (unpaired) electrons. The van der Waals surface area contributed by atoms with Gasteiger partial charge in [0.2, 0.25) is 0 Å². The van der Waals surface area contributed by atoms with Crippen LogP contribution in [0.1, 0.15) is 39.5 Å². The molecular formula is C9H8O3. The monoisotopic (exact) mass is 164 g/mol. The molecule has 1 aliphatic rings. The molecule has 1 aromatic rings. The zero-order valence-electron chi connectivity index (χ0n) is 6.50. The van der Waals surface area contributed by atoms with Gasteiger partial charge in [-0.3, -0.25) is 9.59 Å². The Hall–Kier alpha value is -1.38. The molecule has 1 aliphatic carbocycles. The molecule has 0 spiro atoms. The van der Waals surface area contributed by atoms with Gasteiger partial charge in [0.1, 0.15) is 0 Å². The Labute approximate surface area is 69.4 Å². The van der Waals surface area contributed by atoms with Crippen molar-refractivity contribution >= 4 is 12.1 Å². The Morgan fingerprint density at radius 3 is 2.92 bits per heavy atom. The van der Waals surface area contributed by atoms with Crippen LogP contribution < -0.4 is 0 Å². The SMILES string of the molecule is O=Cc1cc2c(o1)C(=O)CCC2. The van der Waals surface area contributed by atoms with Crippen molar-refractivity contribution in [1.29, 1.82) is 0 Å². The van der Waals surface area contributed by atoms with Crippen LogP contribution in [0.25, 0.3) is 0 Å². The van der Waals surface area contributed by atoms with Crippen molar-refractivity contribution < 1.29 is 14.0 Å². The number of carbonyl (C=O) groups is 2. The van der Waals surface area contributed by atoms with Crippen LogP contribution in [0.4, 0.5) is 0 Å². The van der Waals surface area contributed by atoms with Gasteiger partial charge in [-0.15, -0.1) is 0 Å². The number of carbonyl (C=O) groups excluding carboxylic acids is 2. The minimum atomic E-state index is 0.0179. The second kappa shape index (κ2) is 2.59. The summed E-state index contributed by atoms with van der Waals surface area (Å²) in [4.78, 5) is 21.5. The highest BCUT2D eigenvalue weighted by Gasteiger charge is 2.21. The average Bonchev–Trinajstić information content (AvgIpc) is 2.49. The molecule has 0 N–H and O–H groups in total. The van der Waals surface area contributed by atoms with E-state index in [2.05, 4.69) is 0 Å². The maximum atomic E-state index is 11.2. The quantitative estimate of drug-likeness (QED) is 0.592. The normalized spacial score (nSPS) is 15.8. The lowest BCUT2D eigenvalue weighted by Gasteiger charge is -2.06. The largest absolute Gasteiger partial charge is 0.450 e. The lowest BCUT2D eigenvalue weighted by Crippen LogP contribution is -2.07. The van der Waals surface area contributed by atoms with E-state index < -0.39 is 0 Å². The van der Waals surface area contributed by atoms with Crippen LogP contribution in [0.3, 0.4) is 0 Å². The molecule has 3 heteroatoms. The molecule has 1 aromatic heterocycles. The van der Waals surface area contributed by atoms with Gasteiger partial charge in [0.25, 0.3) is 0 Å². The third-order valence-corrected chi connectivity index (χ3v) is 2.05. The standard InChI is InChI=1S/C9H8O3/c10-5-7-4-6-2-1-3-8(11)9(6)12-7/h4-5H,1-3H2. The van der Waals surface area contributed by atoms with Crippen molar-refractivity contribution in [2.24, 2.45) is 0 Å². The minimum absolute atomic E-state index is 0.0179. The first-order valence-electron chi connectivity index (χ1n) is 3.92. The molecule has 0 amide bonds. The van der Waals surface area contributed by atoms with Crippen LogP contribution in [-0.4, -0.2) is 12.1 Å². The number of ketones is 1. The number of Topliss-reactive ketones (excluding diaryl/α,β-unsaturated/α-hetero) is 1. The van der Waals surface area contributed by atoms with Crippen molar-refractivity contribution in [3.05, 3.63) is 23.2 Å². The van der Waals surface area contributed by atoms with Crippen molar-refractivity contribution in [3.8, 4) is 0 Å². The van der Waals surface area contributed by atoms with E-state index in [1.807, 2.05) is 0 Å². The molecule has 3 nitrogen and oxygen atoms in total. The lowest BCUT2D eigenvalue weighted by atomic mass is 9.98. The van der Waals surface area contributed by atoms with Crippen LogP contribution in [0, 0.1) is 0 Å². The van der Waals surface area contributed by atoms with E-state index >= 15 is 0 Å². The number of rotatable bonds is 1. The summed E-state index contributed by atoms with van der Waals surface area (Å²) in [7, 11) is 0. The maximum Gasteiger partial charge on any atom is 0.198 e. The summed E-state index contributed by atoms with van der Waals surface area (Å²) in [5.74, 6) is 0.669. The summed E-state index contributed by atoms with van der Waals surface area (Å²) in [6, 6.07) is 1.65. The van der Waals surface area contributed by atoms with Crippen molar-refractivity contribution in [2.45, 2.75) is 19.3 Å². The van der Waals surface area contributed by atoms with E-state index in [1.165, 1.54) is 0 Å². The molecule has 0 bridgehead atoms.